The van der Waals surface area contributed by atoms with E-state index < -0.39 is 11.2 Å². The third-order valence-corrected chi connectivity index (χ3v) is 5.48. The first kappa shape index (κ1) is 18.2. The molecule has 0 bridgehead atoms. The van der Waals surface area contributed by atoms with E-state index in [0.717, 1.165) is 16.8 Å². The molecule has 0 aliphatic heterocycles. The molecular weight excluding hydrogens is 346 g/mol. The zero-order valence-corrected chi connectivity index (χ0v) is 15.8. The van der Waals surface area contributed by atoms with Crippen molar-refractivity contribution >= 4 is 28.6 Å². The van der Waals surface area contributed by atoms with E-state index in [4.69, 9.17) is 5.73 Å². The Morgan fingerprint density at radius 3 is 2.46 bits per heavy atom. The standard InChI is InChI=1S/C20H21N3O2S/c1-4-17(18(21)24)26-20-22-16-8-6-5-7-15(16)19(25)23(20)14-10-12(2)9-13(3)11-14/h5-11,17H,4H2,1-3H3,(H2,21,24). The van der Waals surface area contributed by atoms with Crippen LogP contribution in [-0.2, 0) is 4.79 Å². The van der Waals surface area contributed by atoms with Crippen LogP contribution in [0.25, 0.3) is 16.6 Å². The van der Waals surface area contributed by atoms with E-state index in [0.29, 0.717) is 22.5 Å². The molecule has 1 amide bonds. The number of amides is 1. The Morgan fingerprint density at radius 1 is 1.19 bits per heavy atom. The number of hydrogen-bond donors (Lipinski definition) is 1. The monoisotopic (exact) mass is 367 g/mol. The number of thioether (sulfide) groups is 1. The van der Waals surface area contributed by atoms with Gasteiger partial charge >= 0.3 is 0 Å². The maximum Gasteiger partial charge on any atom is 0.266 e. The zero-order chi connectivity index (χ0) is 18.8. The molecule has 0 fully saturated rings. The van der Waals surface area contributed by atoms with Crippen molar-refractivity contribution in [3.8, 4) is 5.69 Å². The van der Waals surface area contributed by atoms with Crippen LogP contribution in [0.3, 0.4) is 0 Å². The van der Waals surface area contributed by atoms with Crippen molar-refractivity contribution in [3.05, 3.63) is 63.9 Å². The highest BCUT2D eigenvalue weighted by molar-refractivity contribution is 8.00. The summed E-state index contributed by atoms with van der Waals surface area (Å²) in [7, 11) is 0. The maximum absolute atomic E-state index is 13.2. The van der Waals surface area contributed by atoms with Crippen molar-refractivity contribution in [1.29, 1.82) is 0 Å². The average Bonchev–Trinajstić information content (AvgIpc) is 2.58. The highest BCUT2D eigenvalue weighted by atomic mass is 32.2. The summed E-state index contributed by atoms with van der Waals surface area (Å²) in [5.74, 6) is -0.410. The largest absolute Gasteiger partial charge is 0.369 e. The summed E-state index contributed by atoms with van der Waals surface area (Å²) in [5.41, 5.74) is 8.82. The van der Waals surface area contributed by atoms with Crippen molar-refractivity contribution in [3.63, 3.8) is 0 Å². The third kappa shape index (κ3) is 3.51. The van der Waals surface area contributed by atoms with Crippen LogP contribution in [0.5, 0.6) is 0 Å². The molecule has 1 unspecified atom stereocenters. The van der Waals surface area contributed by atoms with Crippen LogP contribution >= 0.6 is 11.8 Å². The maximum atomic E-state index is 13.2. The fraction of sp³-hybridized carbons (Fsp3) is 0.250. The number of aromatic nitrogens is 2. The number of hydrogen-bond acceptors (Lipinski definition) is 4. The molecule has 6 heteroatoms. The summed E-state index contributed by atoms with van der Waals surface area (Å²) in [6.45, 7) is 5.87. The van der Waals surface area contributed by atoms with Gasteiger partial charge < -0.3 is 5.73 Å². The fourth-order valence-corrected chi connectivity index (χ4v) is 3.95. The first-order valence-corrected chi connectivity index (χ1v) is 9.35. The molecule has 0 aliphatic rings. The first-order valence-electron chi connectivity index (χ1n) is 8.47. The molecule has 0 saturated heterocycles. The van der Waals surface area contributed by atoms with Crippen LogP contribution in [0.1, 0.15) is 24.5 Å². The minimum absolute atomic E-state index is 0.151. The van der Waals surface area contributed by atoms with Gasteiger partial charge in [-0.05, 0) is 55.7 Å². The second kappa shape index (κ2) is 7.33. The number of benzene rings is 2. The molecule has 26 heavy (non-hydrogen) atoms. The van der Waals surface area contributed by atoms with E-state index in [1.165, 1.54) is 11.8 Å². The lowest BCUT2D eigenvalue weighted by Crippen LogP contribution is -2.28. The van der Waals surface area contributed by atoms with E-state index in [-0.39, 0.29) is 5.56 Å². The predicted octanol–water partition coefficient (Wildman–Crippen LogP) is 3.36. The molecule has 1 aromatic heterocycles. The molecule has 134 valence electrons. The topological polar surface area (TPSA) is 78.0 Å². The van der Waals surface area contributed by atoms with Gasteiger partial charge in [-0.15, -0.1) is 0 Å². The minimum Gasteiger partial charge on any atom is -0.369 e. The summed E-state index contributed by atoms with van der Waals surface area (Å²) < 4.78 is 1.58. The van der Waals surface area contributed by atoms with Gasteiger partial charge in [0.25, 0.3) is 5.56 Å². The van der Waals surface area contributed by atoms with Crippen LogP contribution in [0.2, 0.25) is 0 Å². The molecule has 0 saturated carbocycles. The van der Waals surface area contributed by atoms with Crippen molar-refractivity contribution in [2.24, 2.45) is 5.73 Å². The summed E-state index contributed by atoms with van der Waals surface area (Å²) in [6, 6.07) is 13.2. The average molecular weight is 367 g/mol. The normalized spacial score (nSPS) is 12.3. The number of para-hydroxylation sites is 1. The molecular formula is C20H21N3O2S. The minimum atomic E-state index is -0.444. The van der Waals surface area contributed by atoms with Gasteiger partial charge in [0.05, 0.1) is 21.8 Å². The highest BCUT2D eigenvalue weighted by Crippen LogP contribution is 2.27. The fourth-order valence-electron chi connectivity index (χ4n) is 2.97. The number of nitrogens with two attached hydrogens (primary N) is 1. The number of carbonyl (C=O) groups is 1. The summed E-state index contributed by atoms with van der Waals surface area (Å²) in [4.78, 5) is 29.6. The van der Waals surface area contributed by atoms with Gasteiger partial charge in [0.15, 0.2) is 5.16 Å². The molecule has 0 spiro atoms. The Hall–Kier alpha value is -2.60. The molecule has 2 aromatic carbocycles. The van der Waals surface area contributed by atoms with Gasteiger partial charge in [-0.25, -0.2) is 4.98 Å². The Kier molecular flexibility index (Phi) is 5.13. The number of fused-ring (bicyclic) bond motifs is 1. The molecule has 1 atom stereocenters. The molecule has 0 aliphatic carbocycles. The second-order valence-corrected chi connectivity index (χ2v) is 7.48. The Morgan fingerprint density at radius 2 is 1.85 bits per heavy atom. The van der Waals surface area contributed by atoms with Crippen molar-refractivity contribution in [2.75, 3.05) is 0 Å². The summed E-state index contributed by atoms with van der Waals surface area (Å²) in [6.07, 6.45) is 0.565. The van der Waals surface area contributed by atoms with Crippen molar-refractivity contribution in [2.45, 2.75) is 37.6 Å². The number of carbonyl (C=O) groups excluding carboxylic acids is 1. The van der Waals surface area contributed by atoms with Crippen LogP contribution in [-0.4, -0.2) is 20.7 Å². The smallest absolute Gasteiger partial charge is 0.266 e. The Balaban J connectivity index is 2.30. The number of primary amides is 1. The summed E-state index contributed by atoms with van der Waals surface area (Å²) >= 11 is 1.24. The lowest BCUT2D eigenvalue weighted by atomic mass is 10.1. The van der Waals surface area contributed by atoms with Crippen molar-refractivity contribution < 1.29 is 4.79 Å². The summed E-state index contributed by atoms with van der Waals surface area (Å²) in [5, 5.41) is 0.577. The molecule has 1 heterocycles. The van der Waals surface area contributed by atoms with Crippen LogP contribution < -0.4 is 11.3 Å². The number of rotatable bonds is 5. The van der Waals surface area contributed by atoms with Crippen LogP contribution in [0, 0.1) is 13.8 Å². The zero-order valence-electron chi connectivity index (χ0n) is 15.0. The van der Waals surface area contributed by atoms with Crippen LogP contribution in [0.4, 0.5) is 0 Å². The lowest BCUT2D eigenvalue weighted by Gasteiger charge is -2.17. The Labute approximate surface area is 156 Å². The highest BCUT2D eigenvalue weighted by Gasteiger charge is 2.20. The predicted molar refractivity (Wildman–Crippen MR) is 106 cm³/mol. The van der Waals surface area contributed by atoms with Gasteiger partial charge in [0, 0.05) is 0 Å². The molecule has 3 rings (SSSR count). The quantitative estimate of drug-likeness (QED) is 0.554. The van der Waals surface area contributed by atoms with Gasteiger partial charge in [-0.1, -0.05) is 36.9 Å². The number of aryl methyl sites for hydroxylation is 2. The van der Waals surface area contributed by atoms with Gasteiger partial charge in [0.2, 0.25) is 5.91 Å². The SMILES string of the molecule is CCC(Sc1nc2ccccc2c(=O)n1-c1cc(C)cc(C)c1)C(N)=O. The van der Waals surface area contributed by atoms with E-state index in [2.05, 4.69) is 4.98 Å². The molecule has 2 N–H and O–H groups in total. The van der Waals surface area contributed by atoms with E-state index >= 15 is 0 Å². The van der Waals surface area contributed by atoms with Crippen molar-refractivity contribution in [1.82, 2.24) is 9.55 Å². The third-order valence-electron chi connectivity index (χ3n) is 4.15. The van der Waals surface area contributed by atoms with Gasteiger partial charge in [-0.3, -0.25) is 14.2 Å². The van der Waals surface area contributed by atoms with E-state index in [1.54, 1.807) is 16.7 Å². The Bertz CT molecular complexity index is 1020. The number of nitrogens with zero attached hydrogens (tertiary/aromatic N) is 2. The molecule has 5 nitrogen and oxygen atoms in total. The second-order valence-electron chi connectivity index (χ2n) is 6.32. The van der Waals surface area contributed by atoms with Gasteiger partial charge in [-0.2, -0.15) is 0 Å². The molecule has 3 aromatic rings. The lowest BCUT2D eigenvalue weighted by molar-refractivity contribution is -0.117. The first-order chi connectivity index (χ1) is 12.4. The molecule has 0 radical (unpaired) electrons. The van der Waals surface area contributed by atoms with Gasteiger partial charge in [0.1, 0.15) is 0 Å². The van der Waals surface area contributed by atoms with Crippen LogP contribution in [0.15, 0.2) is 52.4 Å². The van der Waals surface area contributed by atoms with E-state index in [9.17, 15) is 9.59 Å². The van der Waals surface area contributed by atoms with E-state index in [1.807, 2.05) is 51.1 Å².